The van der Waals surface area contributed by atoms with Crippen LogP contribution in [0.4, 0.5) is 5.69 Å². The number of aromatic carboxylic acids is 1. The van der Waals surface area contributed by atoms with Crippen molar-refractivity contribution >= 4 is 11.7 Å². The number of rotatable bonds is 1. The molecule has 1 aromatic carbocycles. The van der Waals surface area contributed by atoms with E-state index < -0.39 is 5.97 Å². The highest BCUT2D eigenvalue weighted by Gasteiger charge is 2.03. The van der Waals surface area contributed by atoms with Gasteiger partial charge in [-0.25, -0.2) is 4.79 Å². The number of hydrogen-bond donors (Lipinski definition) is 3. The van der Waals surface area contributed by atoms with Gasteiger partial charge in [-0.05, 0) is 12.1 Å². The molecule has 1 rings (SSSR count). The van der Waals surface area contributed by atoms with Crippen LogP contribution >= 0.6 is 0 Å². The summed E-state index contributed by atoms with van der Waals surface area (Å²) in [5.74, 6) is -1.24. The van der Waals surface area contributed by atoms with Gasteiger partial charge in [0, 0.05) is 11.8 Å². The Labute approximate surface area is 62.9 Å². The largest absolute Gasteiger partial charge is 0.508 e. The minimum atomic E-state index is -1.10. The number of hydrogen-bond acceptors (Lipinski definition) is 3. The summed E-state index contributed by atoms with van der Waals surface area (Å²) in [5.41, 5.74) is 5.50. The number of carbonyl (C=O) groups is 1. The van der Waals surface area contributed by atoms with Crippen LogP contribution in [0.5, 0.6) is 5.75 Å². The predicted molar refractivity (Wildman–Crippen MR) is 39.5 cm³/mol. The molecule has 0 saturated heterocycles. The lowest BCUT2D eigenvalue weighted by atomic mass is 10.2. The SMILES string of the molecule is Nc1cc(O)cc(C(=O)O)c1. The third-order valence-electron chi connectivity index (χ3n) is 1.19. The number of carboxylic acid groups (broad SMARTS) is 1. The highest BCUT2D eigenvalue weighted by atomic mass is 16.4. The smallest absolute Gasteiger partial charge is 0.335 e. The van der Waals surface area contributed by atoms with Crippen molar-refractivity contribution in [2.24, 2.45) is 0 Å². The highest BCUT2D eigenvalue weighted by Crippen LogP contribution is 2.16. The Morgan fingerprint density at radius 1 is 1.36 bits per heavy atom. The second kappa shape index (κ2) is 2.49. The molecular formula is C7H7NO3. The van der Waals surface area contributed by atoms with Gasteiger partial charge in [-0.15, -0.1) is 0 Å². The summed E-state index contributed by atoms with van der Waals surface area (Å²) in [6.07, 6.45) is 0. The molecule has 0 saturated carbocycles. The predicted octanol–water partition coefficient (Wildman–Crippen LogP) is 0.673. The van der Waals surface area contributed by atoms with Gasteiger partial charge in [0.1, 0.15) is 5.75 Å². The van der Waals surface area contributed by atoms with Crippen LogP contribution in [0.15, 0.2) is 18.2 Å². The number of carboxylic acids is 1. The van der Waals surface area contributed by atoms with Gasteiger partial charge in [-0.1, -0.05) is 0 Å². The van der Waals surface area contributed by atoms with E-state index in [9.17, 15) is 4.79 Å². The van der Waals surface area contributed by atoms with Crippen LogP contribution in [-0.2, 0) is 0 Å². The molecule has 0 heterocycles. The Balaban J connectivity index is 3.19. The van der Waals surface area contributed by atoms with Gasteiger partial charge in [0.15, 0.2) is 0 Å². The minimum absolute atomic E-state index is 0.0116. The molecule has 4 N–H and O–H groups in total. The van der Waals surface area contributed by atoms with Gasteiger partial charge >= 0.3 is 5.97 Å². The zero-order valence-electron chi connectivity index (χ0n) is 5.61. The van der Waals surface area contributed by atoms with Crippen LogP contribution < -0.4 is 5.73 Å². The Bertz CT molecular complexity index is 275. The first-order valence-corrected chi connectivity index (χ1v) is 2.92. The van der Waals surface area contributed by atoms with Gasteiger partial charge in [-0.3, -0.25) is 0 Å². The molecule has 0 aliphatic heterocycles. The molecule has 0 amide bonds. The summed E-state index contributed by atoms with van der Waals surface area (Å²) in [6.45, 7) is 0. The first-order valence-electron chi connectivity index (χ1n) is 2.92. The number of nitrogens with two attached hydrogens (primary N) is 1. The van der Waals surface area contributed by atoms with Crippen LogP contribution in [0.1, 0.15) is 10.4 Å². The lowest BCUT2D eigenvalue weighted by Crippen LogP contribution is -1.97. The molecule has 0 atom stereocenters. The third kappa shape index (κ3) is 1.61. The number of phenolic OH excluding ortho intramolecular Hbond substituents is 1. The molecule has 0 aliphatic carbocycles. The van der Waals surface area contributed by atoms with Crippen LogP contribution in [-0.4, -0.2) is 16.2 Å². The molecule has 0 aliphatic rings. The number of phenols is 1. The average molecular weight is 153 g/mol. The second-order valence-corrected chi connectivity index (χ2v) is 2.12. The molecule has 58 valence electrons. The van der Waals surface area contributed by atoms with Crippen molar-refractivity contribution in [3.05, 3.63) is 23.8 Å². The van der Waals surface area contributed by atoms with Crippen molar-refractivity contribution in [3.8, 4) is 5.75 Å². The molecule has 4 heteroatoms. The second-order valence-electron chi connectivity index (χ2n) is 2.12. The Morgan fingerprint density at radius 2 is 2.00 bits per heavy atom. The Hall–Kier alpha value is -1.71. The summed E-state index contributed by atoms with van der Waals surface area (Å²) in [5, 5.41) is 17.4. The molecule has 0 bridgehead atoms. The van der Waals surface area contributed by atoms with Gasteiger partial charge in [0.2, 0.25) is 0 Å². The Morgan fingerprint density at radius 3 is 2.45 bits per heavy atom. The van der Waals surface area contributed by atoms with Crippen molar-refractivity contribution in [3.63, 3.8) is 0 Å². The average Bonchev–Trinajstić information content (AvgIpc) is 1.85. The zero-order chi connectivity index (χ0) is 8.43. The van der Waals surface area contributed by atoms with Gasteiger partial charge in [0.25, 0.3) is 0 Å². The molecular weight excluding hydrogens is 146 g/mol. The maximum atomic E-state index is 10.3. The highest BCUT2D eigenvalue weighted by molar-refractivity contribution is 5.89. The fourth-order valence-electron chi connectivity index (χ4n) is 0.758. The Kier molecular flexibility index (Phi) is 1.68. The topological polar surface area (TPSA) is 83.5 Å². The fraction of sp³-hybridized carbons (Fsp3) is 0. The van der Waals surface area contributed by atoms with Crippen LogP contribution in [0, 0.1) is 0 Å². The number of nitrogen functional groups attached to an aromatic ring is 1. The number of anilines is 1. The van der Waals surface area contributed by atoms with E-state index in [1.54, 1.807) is 0 Å². The van der Waals surface area contributed by atoms with Crippen molar-refractivity contribution in [2.45, 2.75) is 0 Å². The lowest BCUT2D eigenvalue weighted by molar-refractivity contribution is 0.0696. The molecule has 1 aromatic rings. The van der Waals surface area contributed by atoms with Crippen LogP contribution in [0.25, 0.3) is 0 Å². The molecule has 0 fully saturated rings. The van der Waals surface area contributed by atoms with Crippen molar-refractivity contribution in [1.29, 1.82) is 0 Å². The van der Waals surface area contributed by atoms with Crippen LogP contribution in [0.2, 0.25) is 0 Å². The fourth-order valence-corrected chi connectivity index (χ4v) is 0.758. The summed E-state index contributed by atoms with van der Waals surface area (Å²) < 4.78 is 0. The summed E-state index contributed by atoms with van der Waals surface area (Å²) >= 11 is 0. The lowest BCUT2D eigenvalue weighted by Gasteiger charge is -1.97. The van der Waals surface area contributed by atoms with E-state index in [0.717, 1.165) is 6.07 Å². The van der Waals surface area contributed by atoms with Crippen LogP contribution in [0.3, 0.4) is 0 Å². The normalized spacial score (nSPS) is 9.45. The molecule has 0 aromatic heterocycles. The maximum Gasteiger partial charge on any atom is 0.335 e. The number of aromatic hydroxyl groups is 1. The van der Waals surface area contributed by atoms with E-state index in [2.05, 4.69) is 0 Å². The van der Waals surface area contributed by atoms with E-state index in [0.29, 0.717) is 0 Å². The van der Waals surface area contributed by atoms with Gasteiger partial charge in [0.05, 0.1) is 5.56 Å². The summed E-state index contributed by atoms with van der Waals surface area (Å²) in [6, 6.07) is 3.70. The zero-order valence-corrected chi connectivity index (χ0v) is 5.61. The maximum absolute atomic E-state index is 10.3. The van der Waals surface area contributed by atoms with Gasteiger partial charge < -0.3 is 15.9 Å². The minimum Gasteiger partial charge on any atom is -0.508 e. The standard InChI is InChI=1S/C7H7NO3/c8-5-1-4(7(10)11)2-6(9)3-5/h1-3,9H,8H2,(H,10,11). The molecule has 0 spiro atoms. The summed E-state index contributed by atoms with van der Waals surface area (Å²) in [7, 11) is 0. The van der Waals surface area contributed by atoms with E-state index >= 15 is 0 Å². The van der Waals surface area contributed by atoms with E-state index in [-0.39, 0.29) is 17.0 Å². The molecule has 4 nitrogen and oxygen atoms in total. The van der Waals surface area contributed by atoms with E-state index in [1.807, 2.05) is 0 Å². The first kappa shape index (κ1) is 7.40. The van der Waals surface area contributed by atoms with E-state index in [4.69, 9.17) is 15.9 Å². The van der Waals surface area contributed by atoms with E-state index in [1.165, 1.54) is 12.1 Å². The quantitative estimate of drug-likeness (QED) is 0.518. The first-order chi connectivity index (χ1) is 5.09. The van der Waals surface area contributed by atoms with Gasteiger partial charge in [-0.2, -0.15) is 0 Å². The van der Waals surface area contributed by atoms with Crippen molar-refractivity contribution < 1.29 is 15.0 Å². The number of benzene rings is 1. The third-order valence-corrected chi connectivity index (χ3v) is 1.19. The molecule has 0 radical (unpaired) electrons. The summed E-state index contributed by atoms with van der Waals surface area (Å²) in [4.78, 5) is 10.3. The van der Waals surface area contributed by atoms with Crippen molar-refractivity contribution in [1.82, 2.24) is 0 Å². The monoisotopic (exact) mass is 153 g/mol. The molecule has 11 heavy (non-hydrogen) atoms. The van der Waals surface area contributed by atoms with Crippen molar-refractivity contribution in [2.75, 3.05) is 5.73 Å². The molecule has 0 unspecified atom stereocenters.